The molecule has 0 radical (unpaired) electrons. The van der Waals surface area contributed by atoms with Gasteiger partial charge >= 0.3 is 0 Å². The molecule has 1 aromatic carbocycles. The van der Waals surface area contributed by atoms with E-state index in [9.17, 15) is 5.11 Å². The van der Waals surface area contributed by atoms with E-state index in [0.29, 0.717) is 5.75 Å². The summed E-state index contributed by atoms with van der Waals surface area (Å²) >= 11 is 0. The molecular formula is C17H20N4O2. The predicted molar refractivity (Wildman–Crippen MR) is 90.3 cm³/mol. The zero-order valence-corrected chi connectivity index (χ0v) is 13.1. The van der Waals surface area contributed by atoms with Crippen molar-refractivity contribution in [1.29, 1.82) is 0 Å². The number of anilines is 1. The van der Waals surface area contributed by atoms with E-state index in [1.54, 1.807) is 18.3 Å². The molecule has 2 heterocycles. The number of hydrazone groups is 1. The van der Waals surface area contributed by atoms with Crippen LogP contribution in [0.2, 0.25) is 0 Å². The fraction of sp³-hybridized carbons (Fsp3) is 0.294. The number of aromatic nitrogens is 1. The van der Waals surface area contributed by atoms with E-state index in [0.717, 1.165) is 37.6 Å². The van der Waals surface area contributed by atoms with E-state index in [1.807, 2.05) is 35.5 Å². The highest BCUT2D eigenvalue weighted by molar-refractivity contribution is 5.80. The van der Waals surface area contributed by atoms with Crippen LogP contribution in [0.25, 0.3) is 0 Å². The Morgan fingerprint density at radius 2 is 2.00 bits per heavy atom. The van der Waals surface area contributed by atoms with Gasteiger partial charge in [0.15, 0.2) is 11.5 Å². The highest BCUT2D eigenvalue weighted by atomic mass is 16.5. The zero-order valence-electron chi connectivity index (χ0n) is 13.1. The lowest BCUT2D eigenvalue weighted by atomic mass is 10.2. The molecule has 1 saturated heterocycles. The maximum absolute atomic E-state index is 9.60. The number of phenolic OH excluding ortho intramolecular Hbond substituents is 1. The van der Waals surface area contributed by atoms with E-state index >= 15 is 0 Å². The summed E-state index contributed by atoms with van der Waals surface area (Å²) in [6.45, 7) is 3.49. The van der Waals surface area contributed by atoms with Crippen molar-refractivity contribution in [3.63, 3.8) is 0 Å². The Kier molecular flexibility index (Phi) is 4.61. The van der Waals surface area contributed by atoms with E-state index in [4.69, 9.17) is 4.74 Å². The highest BCUT2D eigenvalue weighted by Crippen LogP contribution is 2.25. The van der Waals surface area contributed by atoms with Gasteiger partial charge in [0.1, 0.15) is 5.82 Å². The molecule has 0 atom stereocenters. The molecule has 1 aromatic heterocycles. The van der Waals surface area contributed by atoms with Crippen LogP contribution >= 0.6 is 0 Å². The van der Waals surface area contributed by atoms with Gasteiger partial charge in [-0.15, -0.1) is 0 Å². The Labute approximate surface area is 135 Å². The van der Waals surface area contributed by atoms with E-state index in [1.165, 1.54) is 7.11 Å². The monoisotopic (exact) mass is 312 g/mol. The molecule has 2 aromatic rings. The van der Waals surface area contributed by atoms with Crippen molar-refractivity contribution in [1.82, 2.24) is 9.99 Å². The van der Waals surface area contributed by atoms with E-state index < -0.39 is 0 Å². The number of nitrogens with zero attached hydrogens (tertiary/aromatic N) is 4. The molecular weight excluding hydrogens is 292 g/mol. The Bertz CT molecular complexity index is 668. The third-order valence-electron chi connectivity index (χ3n) is 3.80. The normalized spacial score (nSPS) is 15.2. The van der Waals surface area contributed by atoms with Gasteiger partial charge in [-0.1, -0.05) is 6.07 Å². The summed E-state index contributed by atoms with van der Waals surface area (Å²) in [6, 6.07) is 11.1. The number of methoxy groups -OCH3 is 1. The van der Waals surface area contributed by atoms with Crippen LogP contribution in [0.1, 0.15) is 5.56 Å². The van der Waals surface area contributed by atoms with Crippen LogP contribution in [0, 0.1) is 0 Å². The lowest BCUT2D eigenvalue weighted by Gasteiger charge is -2.33. The summed E-state index contributed by atoms with van der Waals surface area (Å²) in [5.74, 6) is 1.60. The third-order valence-corrected chi connectivity index (χ3v) is 3.80. The standard InChI is InChI=1S/C17H20N4O2/c1-23-16-12-14(5-6-15(16)22)13-19-21-10-8-20(9-11-21)17-4-2-3-7-18-17/h2-7,12-13,22H,8-11H2,1H3/b19-13-. The van der Waals surface area contributed by atoms with Gasteiger partial charge in [0.05, 0.1) is 26.4 Å². The Hall–Kier alpha value is -2.76. The second-order valence-electron chi connectivity index (χ2n) is 5.30. The van der Waals surface area contributed by atoms with Gasteiger partial charge in [-0.05, 0) is 35.9 Å². The van der Waals surface area contributed by atoms with Crippen molar-refractivity contribution in [3.05, 3.63) is 48.2 Å². The second-order valence-corrected chi connectivity index (χ2v) is 5.30. The molecule has 0 aliphatic carbocycles. The first-order chi connectivity index (χ1) is 11.3. The SMILES string of the molecule is COc1cc(/C=N\N2CCN(c3ccccn3)CC2)ccc1O. The summed E-state index contributed by atoms with van der Waals surface area (Å²) in [6.07, 6.45) is 3.61. The zero-order chi connectivity index (χ0) is 16.1. The number of rotatable bonds is 4. The topological polar surface area (TPSA) is 61.2 Å². The molecule has 0 saturated carbocycles. The van der Waals surface area contributed by atoms with Crippen molar-refractivity contribution in [3.8, 4) is 11.5 Å². The Morgan fingerprint density at radius 1 is 1.17 bits per heavy atom. The molecule has 1 N–H and O–H groups in total. The predicted octanol–water partition coefficient (Wildman–Crippen LogP) is 1.95. The lowest BCUT2D eigenvalue weighted by molar-refractivity contribution is 0.271. The molecule has 6 heteroatoms. The maximum atomic E-state index is 9.60. The summed E-state index contributed by atoms with van der Waals surface area (Å²) < 4.78 is 5.10. The minimum Gasteiger partial charge on any atom is -0.504 e. The fourth-order valence-corrected chi connectivity index (χ4v) is 2.50. The molecule has 3 rings (SSSR count). The molecule has 120 valence electrons. The van der Waals surface area contributed by atoms with Crippen LogP contribution in [0.3, 0.4) is 0 Å². The van der Waals surface area contributed by atoms with Gasteiger partial charge < -0.3 is 14.7 Å². The van der Waals surface area contributed by atoms with Crippen molar-refractivity contribution in [2.45, 2.75) is 0 Å². The van der Waals surface area contributed by atoms with Crippen LogP contribution < -0.4 is 9.64 Å². The number of hydrogen-bond donors (Lipinski definition) is 1. The quantitative estimate of drug-likeness (QED) is 0.875. The number of ether oxygens (including phenoxy) is 1. The van der Waals surface area contributed by atoms with Crippen molar-refractivity contribution < 1.29 is 9.84 Å². The molecule has 0 unspecified atom stereocenters. The minimum atomic E-state index is 0.133. The molecule has 1 aliphatic rings. The number of aromatic hydroxyl groups is 1. The average Bonchev–Trinajstić information content (AvgIpc) is 2.62. The van der Waals surface area contributed by atoms with Crippen molar-refractivity contribution >= 4 is 12.0 Å². The van der Waals surface area contributed by atoms with Gasteiger partial charge in [0.25, 0.3) is 0 Å². The van der Waals surface area contributed by atoms with Crippen LogP contribution in [-0.4, -0.2) is 54.6 Å². The average molecular weight is 312 g/mol. The Balaban J connectivity index is 1.58. The third kappa shape index (κ3) is 3.71. The first kappa shape index (κ1) is 15.1. The number of piperazine rings is 1. The smallest absolute Gasteiger partial charge is 0.161 e. The summed E-state index contributed by atoms with van der Waals surface area (Å²) in [7, 11) is 1.53. The first-order valence-electron chi connectivity index (χ1n) is 7.58. The van der Waals surface area contributed by atoms with Gasteiger partial charge in [-0.2, -0.15) is 5.10 Å². The van der Waals surface area contributed by atoms with Gasteiger partial charge in [-0.3, -0.25) is 5.01 Å². The Morgan fingerprint density at radius 3 is 2.70 bits per heavy atom. The van der Waals surface area contributed by atoms with Crippen LogP contribution in [-0.2, 0) is 0 Å². The van der Waals surface area contributed by atoms with E-state index in [2.05, 4.69) is 15.0 Å². The van der Waals surface area contributed by atoms with Crippen LogP contribution in [0.5, 0.6) is 11.5 Å². The summed E-state index contributed by atoms with van der Waals surface area (Å²) in [5, 5.41) is 16.1. The molecule has 0 spiro atoms. The molecule has 0 amide bonds. The molecule has 0 bridgehead atoms. The largest absolute Gasteiger partial charge is 0.504 e. The summed E-state index contributed by atoms with van der Waals surface area (Å²) in [4.78, 5) is 6.64. The summed E-state index contributed by atoms with van der Waals surface area (Å²) in [5.41, 5.74) is 0.895. The number of benzene rings is 1. The molecule has 23 heavy (non-hydrogen) atoms. The number of pyridine rings is 1. The molecule has 6 nitrogen and oxygen atoms in total. The number of hydrogen-bond acceptors (Lipinski definition) is 6. The fourth-order valence-electron chi connectivity index (χ4n) is 2.50. The molecule has 1 aliphatic heterocycles. The van der Waals surface area contributed by atoms with E-state index in [-0.39, 0.29) is 5.75 Å². The maximum Gasteiger partial charge on any atom is 0.161 e. The lowest BCUT2D eigenvalue weighted by Crippen LogP contribution is -2.44. The molecule has 1 fully saturated rings. The minimum absolute atomic E-state index is 0.133. The first-order valence-corrected chi connectivity index (χ1v) is 7.58. The van der Waals surface area contributed by atoms with Crippen LogP contribution in [0.15, 0.2) is 47.7 Å². The number of phenols is 1. The van der Waals surface area contributed by atoms with Crippen molar-refractivity contribution in [2.24, 2.45) is 5.10 Å². The van der Waals surface area contributed by atoms with Crippen LogP contribution in [0.4, 0.5) is 5.82 Å². The van der Waals surface area contributed by atoms with Gasteiger partial charge in [-0.25, -0.2) is 4.98 Å². The van der Waals surface area contributed by atoms with Crippen molar-refractivity contribution in [2.75, 3.05) is 38.2 Å². The van der Waals surface area contributed by atoms with Gasteiger partial charge in [0.2, 0.25) is 0 Å². The second kappa shape index (κ2) is 7.00. The van der Waals surface area contributed by atoms with Gasteiger partial charge in [0, 0.05) is 19.3 Å². The highest BCUT2D eigenvalue weighted by Gasteiger charge is 2.16.